The van der Waals surface area contributed by atoms with E-state index in [0.29, 0.717) is 6.42 Å². The fraction of sp³-hybridized carbons (Fsp3) is 0.778. The van der Waals surface area contributed by atoms with E-state index in [0.717, 1.165) is 25.7 Å². The van der Waals surface area contributed by atoms with E-state index in [9.17, 15) is 4.79 Å². The molecule has 0 amide bonds. The van der Waals surface area contributed by atoms with E-state index < -0.39 is 11.4 Å². The van der Waals surface area contributed by atoms with Gasteiger partial charge in [0, 0.05) is 5.41 Å². The quantitative estimate of drug-likeness (QED) is 0.641. The second-order valence-corrected chi connectivity index (χ2v) is 3.99. The number of rotatable bonds is 1. The van der Waals surface area contributed by atoms with Crippen molar-refractivity contribution in [2.45, 2.75) is 32.1 Å². The van der Waals surface area contributed by atoms with Gasteiger partial charge in [-0.25, -0.2) is 0 Å². The number of hydrogen-bond donors (Lipinski definition) is 1. The van der Waals surface area contributed by atoms with Crippen molar-refractivity contribution >= 4 is 5.97 Å². The molecule has 1 N–H and O–H groups in total. The molecule has 2 aliphatic carbocycles. The summed E-state index contributed by atoms with van der Waals surface area (Å²) >= 11 is 0. The summed E-state index contributed by atoms with van der Waals surface area (Å²) in [6.07, 6.45) is 4.65. The van der Waals surface area contributed by atoms with E-state index in [4.69, 9.17) is 10.4 Å². The van der Waals surface area contributed by atoms with E-state index in [1.807, 2.05) is 6.07 Å². The second kappa shape index (κ2) is 2.01. The Hall–Kier alpha value is -1.04. The van der Waals surface area contributed by atoms with Gasteiger partial charge in [0.05, 0.1) is 6.07 Å². The lowest BCUT2D eigenvalue weighted by Crippen LogP contribution is -2.20. The number of hydrogen-bond acceptors (Lipinski definition) is 2. The van der Waals surface area contributed by atoms with Crippen LogP contribution in [0.4, 0.5) is 0 Å². The van der Waals surface area contributed by atoms with Gasteiger partial charge in [-0.2, -0.15) is 5.26 Å². The van der Waals surface area contributed by atoms with Crippen molar-refractivity contribution in [2.24, 2.45) is 10.8 Å². The van der Waals surface area contributed by atoms with Gasteiger partial charge >= 0.3 is 5.97 Å². The van der Waals surface area contributed by atoms with Crippen LogP contribution in [0.15, 0.2) is 0 Å². The van der Waals surface area contributed by atoms with Gasteiger partial charge in [-0.1, -0.05) is 12.8 Å². The van der Waals surface area contributed by atoms with Crippen LogP contribution in [-0.4, -0.2) is 11.1 Å². The zero-order chi connectivity index (χ0) is 8.82. The Morgan fingerprint density at radius 3 is 2.33 bits per heavy atom. The molecule has 12 heavy (non-hydrogen) atoms. The SMILES string of the molecule is N#C[C@@]1(C(=O)O)CC12CCCC2. The summed E-state index contributed by atoms with van der Waals surface area (Å²) in [5.41, 5.74) is -1.14. The second-order valence-electron chi connectivity index (χ2n) is 3.99. The van der Waals surface area contributed by atoms with E-state index in [1.54, 1.807) is 0 Å². The smallest absolute Gasteiger partial charge is 0.324 e. The van der Waals surface area contributed by atoms with Crippen LogP contribution in [0.25, 0.3) is 0 Å². The first-order valence-corrected chi connectivity index (χ1v) is 4.32. The van der Waals surface area contributed by atoms with Crippen molar-refractivity contribution < 1.29 is 9.90 Å². The van der Waals surface area contributed by atoms with Crippen LogP contribution in [0.5, 0.6) is 0 Å². The first-order valence-electron chi connectivity index (χ1n) is 4.32. The highest BCUT2D eigenvalue weighted by atomic mass is 16.4. The third-order valence-electron chi connectivity index (χ3n) is 3.50. The lowest BCUT2D eigenvalue weighted by Gasteiger charge is -2.09. The molecule has 0 bridgehead atoms. The fourth-order valence-corrected chi connectivity index (χ4v) is 2.63. The molecule has 2 rings (SSSR count). The molecule has 0 heterocycles. The number of carbonyl (C=O) groups is 1. The molecule has 0 aliphatic heterocycles. The molecular weight excluding hydrogens is 154 g/mol. The van der Waals surface area contributed by atoms with Gasteiger partial charge in [-0.05, 0) is 19.3 Å². The monoisotopic (exact) mass is 165 g/mol. The minimum atomic E-state index is -1.01. The summed E-state index contributed by atoms with van der Waals surface area (Å²) in [6.45, 7) is 0. The molecule has 0 saturated heterocycles. The molecule has 0 unspecified atom stereocenters. The Bertz CT molecular complexity index is 273. The van der Waals surface area contributed by atoms with Gasteiger partial charge in [-0.15, -0.1) is 0 Å². The molecule has 2 aliphatic rings. The lowest BCUT2D eigenvalue weighted by molar-refractivity contribution is -0.142. The molecule has 3 heteroatoms. The molecule has 3 nitrogen and oxygen atoms in total. The maximum Gasteiger partial charge on any atom is 0.324 e. The minimum Gasteiger partial charge on any atom is -0.480 e. The molecule has 0 aromatic carbocycles. The van der Waals surface area contributed by atoms with Crippen LogP contribution >= 0.6 is 0 Å². The predicted molar refractivity (Wildman–Crippen MR) is 41.2 cm³/mol. The maximum atomic E-state index is 10.9. The summed E-state index contributed by atoms with van der Waals surface area (Å²) in [7, 11) is 0. The van der Waals surface area contributed by atoms with E-state index in [1.165, 1.54) is 0 Å². The van der Waals surface area contributed by atoms with Crippen LogP contribution < -0.4 is 0 Å². The van der Waals surface area contributed by atoms with Crippen LogP contribution in [-0.2, 0) is 4.79 Å². The molecule has 0 aromatic rings. The Balaban J connectivity index is 2.27. The molecule has 0 radical (unpaired) electrons. The first kappa shape index (κ1) is 7.60. The topological polar surface area (TPSA) is 61.1 Å². The van der Waals surface area contributed by atoms with Gasteiger partial charge in [0.1, 0.15) is 0 Å². The first-order chi connectivity index (χ1) is 5.67. The summed E-state index contributed by atoms with van der Waals surface area (Å²) in [4.78, 5) is 10.9. The van der Waals surface area contributed by atoms with Crippen LogP contribution in [0.3, 0.4) is 0 Å². The molecule has 1 spiro atoms. The zero-order valence-corrected chi connectivity index (χ0v) is 6.84. The summed E-state index contributed by atoms with van der Waals surface area (Å²) in [6, 6.07) is 1.99. The fourth-order valence-electron chi connectivity index (χ4n) is 2.63. The third kappa shape index (κ3) is 0.632. The normalized spacial score (nSPS) is 36.2. The van der Waals surface area contributed by atoms with Crippen molar-refractivity contribution in [3.8, 4) is 6.07 Å². The summed E-state index contributed by atoms with van der Waals surface area (Å²) in [5, 5.41) is 17.7. The van der Waals surface area contributed by atoms with Crippen LogP contribution in [0.1, 0.15) is 32.1 Å². The van der Waals surface area contributed by atoms with Crippen molar-refractivity contribution in [1.29, 1.82) is 5.26 Å². The average molecular weight is 165 g/mol. The Morgan fingerprint density at radius 2 is 2.00 bits per heavy atom. The van der Waals surface area contributed by atoms with Gasteiger partial charge in [0.2, 0.25) is 0 Å². The molecular formula is C9H11NO2. The van der Waals surface area contributed by atoms with E-state index >= 15 is 0 Å². The van der Waals surface area contributed by atoms with Crippen molar-refractivity contribution in [3.63, 3.8) is 0 Å². The molecule has 1 atom stereocenters. The summed E-state index contributed by atoms with van der Waals surface area (Å²) in [5.74, 6) is -0.910. The highest BCUT2D eigenvalue weighted by Crippen LogP contribution is 2.71. The Labute approximate surface area is 71.0 Å². The Kier molecular flexibility index (Phi) is 1.27. The van der Waals surface area contributed by atoms with Crippen LogP contribution in [0.2, 0.25) is 0 Å². The number of nitrogens with zero attached hydrogens (tertiary/aromatic N) is 1. The number of aliphatic carboxylic acids is 1. The van der Waals surface area contributed by atoms with Crippen molar-refractivity contribution in [1.82, 2.24) is 0 Å². The van der Waals surface area contributed by atoms with E-state index in [2.05, 4.69) is 0 Å². The zero-order valence-electron chi connectivity index (χ0n) is 6.84. The number of carboxylic acid groups (broad SMARTS) is 1. The number of nitriles is 1. The van der Waals surface area contributed by atoms with Gasteiger partial charge in [0.15, 0.2) is 5.41 Å². The largest absolute Gasteiger partial charge is 0.480 e. The standard InChI is InChI=1S/C9H11NO2/c10-6-9(7(11)12)5-8(9)3-1-2-4-8/h1-5H2,(H,11,12)/t9-/m1/s1. The highest BCUT2D eigenvalue weighted by molar-refractivity contribution is 5.83. The third-order valence-corrected chi connectivity index (χ3v) is 3.50. The Morgan fingerprint density at radius 1 is 1.42 bits per heavy atom. The molecule has 2 saturated carbocycles. The molecule has 64 valence electrons. The van der Waals surface area contributed by atoms with Gasteiger partial charge in [0.25, 0.3) is 0 Å². The van der Waals surface area contributed by atoms with Gasteiger partial charge in [-0.3, -0.25) is 4.79 Å². The minimum absolute atomic E-state index is 0.131. The highest BCUT2D eigenvalue weighted by Gasteiger charge is 2.73. The average Bonchev–Trinajstić information content (AvgIpc) is 2.40. The van der Waals surface area contributed by atoms with Gasteiger partial charge < -0.3 is 5.11 Å². The molecule has 0 aromatic heterocycles. The lowest BCUT2D eigenvalue weighted by atomic mass is 9.92. The van der Waals surface area contributed by atoms with Crippen molar-refractivity contribution in [2.75, 3.05) is 0 Å². The number of carboxylic acids is 1. The summed E-state index contributed by atoms with van der Waals surface area (Å²) < 4.78 is 0. The predicted octanol–water partition coefficient (Wildman–Crippen LogP) is 1.55. The van der Waals surface area contributed by atoms with Crippen LogP contribution in [0, 0.1) is 22.2 Å². The van der Waals surface area contributed by atoms with E-state index in [-0.39, 0.29) is 5.41 Å². The maximum absolute atomic E-state index is 10.9. The molecule has 2 fully saturated rings. The van der Waals surface area contributed by atoms with Crippen molar-refractivity contribution in [3.05, 3.63) is 0 Å².